The lowest BCUT2D eigenvalue weighted by Gasteiger charge is -2.31. The summed E-state index contributed by atoms with van der Waals surface area (Å²) in [7, 11) is 3.25. The highest BCUT2D eigenvalue weighted by atomic mass is 16.2. The summed E-state index contributed by atoms with van der Waals surface area (Å²) >= 11 is 0. The molecule has 1 atom stereocenters. The third-order valence-electron chi connectivity index (χ3n) is 4.60. The molecule has 0 aromatic heterocycles. The van der Waals surface area contributed by atoms with Gasteiger partial charge in [0.25, 0.3) is 0 Å². The van der Waals surface area contributed by atoms with E-state index in [0.29, 0.717) is 26.1 Å². The van der Waals surface area contributed by atoms with Crippen LogP contribution in [0.4, 0.5) is 4.79 Å². The predicted molar refractivity (Wildman–Crippen MR) is 99.4 cm³/mol. The lowest BCUT2D eigenvalue weighted by Crippen LogP contribution is -2.47. The second-order valence-corrected chi connectivity index (χ2v) is 6.71. The van der Waals surface area contributed by atoms with Gasteiger partial charge in [-0.1, -0.05) is 37.3 Å². The molecule has 0 bridgehead atoms. The fourth-order valence-electron chi connectivity index (χ4n) is 3.02. The molecule has 0 radical (unpaired) electrons. The van der Waals surface area contributed by atoms with Crippen LogP contribution < -0.4 is 5.32 Å². The number of amides is 4. The molecule has 1 heterocycles. The first-order chi connectivity index (χ1) is 12.4. The first-order valence-corrected chi connectivity index (χ1v) is 8.98. The number of rotatable bonds is 5. The fourth-order valence-corrected chi connectivity index (χ4v) is 3.02. The molecule has 1 aliphatic heterocycles. The Labute approximate surface area is 154 Å². The van der Waals surface area contributed by atoms with Gasteiger partial charge in [-0.2, -0.15) is 0 Å². The van der Waals surface area contributed by atoms with E-state index in [9.17, 15) is 14.4 Å². The SMILES string of the molecule is CCC1CN(C(=O)CNC(=O)N(C)C)CCC(=O)N1Cc1ccccc1. The van der Waals surface area contributed by atoms with Gasteiger partial charge in [0.1, 0.15) is 0 Å². The summed E-state index contributed by atoms with van der Waals surface area (Å²) in [6.45, 7) is 3.40. The Hall–Kier alpha value is -2.57. The fraction of sp³-hybridized carbons (Fsp3) is 0.526. The van der Waals surface area contributed by atoms with E-state index in [1.807, 2.05) is 42.2 Å². The Bertz CT molecular complexity index is 633. The van der Waals surface area contributed by atoms with Crippen molar-refractivity contribution in [1.29, 1.82) is 0 Å². The minimum absolute atomic E-state index is 0.0290. The van der Waals surface area contributed by atoms with Gasteiger partial charge in [-0.3, -0.25) is 9.59 Å². The van der Waals surface area contributed by atoms with Gasteiger partial charge in [-0.05, 0) is 12.0 Å². The van der Waals surface area contributed by atoms with Crippen LogP contribution in [0.3, 0.4) is 0 Å². The number of urea groups is 1. The molecule has 1 N–H and O–H groups in total. The summed E-state index contributed by atoms with van der Waals surface area (Å²) in [6.07, 6.45) is 1.07. The number of hydrogen-bond donors (Lipinski definition) is 1. The number of hydrogen-bond acceptors (Lipinski definition) is 3. The molecule has 1 fully saturated rings. The highest BCUT2D eigenvalue weighted by Crippen LogP contribution is 2.17. The summed E-state index contributed by atoms with van der Waals surface area (Å²) < 4.78 is 0. The maximum atomic E-state index is 12.6. The molecule has 26 heavy (non-hydrogen) atoms. The van der Waals surface area contributed by atoms with Crippen molar-refractivity contribution in [2.24, 2.45) is 0 Å². The minimum Gasteiger partial charge on any atom is -0.339 e. The molecule has 0 aliphatic carbocycles. The second-order valence-electron chi connectivity index (χ2n) is 6.71. The van der Waals surface area contributed by atoms with E-state index in [4.69, 9.17) is 0 Å². The topological polar surface area (TPSA) is 73.0 Å². The van der Waals surface area contributed by atoms with Crippen molar-refractivity contribution < 1.29 is 14.4 Å². The van der Waals surface area contributed by atoms with Gasteiger partial charge in [-0.15, -0.1) is 0 Å². The second kappa shape index (κ2) is 9.22. The summed E-state index contributed by atoms with van der Waals surface area (Å²) in [5.41, 5.74) is 1.08. The third-order valence-corrected chi connectivity index (χ3v) is 4.60. The molecular formula is C19H28N4O3. The maximum Gasteiger partial charge on any atom is 0.317 e. The van der Waals surface area contributed by atoms with E-state index in [0.717, 1.165) is 12.0 Å². The Morgan fingerprint density at radius 2 is 1.92 bits per heavy atom. The van der Waals surface area contributed by atoms with E-state index < -0.39 is 0 Å². The van der Waals surface area contributed by atoms with Crippen LogP contribution in [0, 0.1) is 0 Å². The normalized spacial score (nSPS) is 17.7. The van der Waals surface area contributed by atoms with Gasteiger partial charge in [0.15, 0.2) is 0 Å². The van der Waals surface area contributed by atoms with E-state index in [1.165, 1.54) is 4.90 Å². The van der Waals surface area contributed by atoms with Gasteiger partial charge >= 0.3 is 6.03 Å². The summed E-state index contributed by atoms with van der Waals surface area (Å²) in [4.78, 5) is 41.7. The van der Waals surface area contributed by atoms with Crippen molar-refractivity contribution in [3.05, 3.63) is 35.9 Å². The van der Waals surface area contributed by atoms with Crippen LogP contribution in [0.5, 0.6) is 0 Å². The molecule has 1 aliphatic rings. The molecule has 1 unspecified atom stereocenters. The summed E-state index contributed by atoms with van der Waals surface area (Å²) in [5, 5.41) is 2.59. The lowest BCUT2D eigenvalue weighted by molar-refractivity contribution is -0.133. The zero-order valence-corrected chi connectivity index (χ0v) is 15.8. The minimum atomic E-state index is -0.304. The Balaban J connectivity index is 2.02. The monoisotopic (exact) mass is 360 g/mol. The van der Waals surface area contributed by atoms with Gasteiger partial charge in [0.2, 0.25) is 11.8 Å². The summed E-state index contributed by atoms with van der Waals surface area (Å²) in [6, 6.07) is 9.55. The van der Waals surface area contributed by atoms with E-state index in [2.05, 4.69) is 5.32 Å². The smallest absolute Gasteiger partial charge is 0.317 e. The quantitative estimate of drug-likeness (QED) is 0.860. The molecule has 4 amide bonds. The standard InChI is InChI=1S/C19H28N4O3/c1-4-16-14-22(18(25)12-20-19(26)21(2)3)11-10-17(24)23(16)13-15-8-6-5-7-9-15/h5-9,16H,4,10-14H2,1-3H3,(H,20,26). The first kappa shape index (κ1) is 19.8. The highest BCUT2D eigenvalue weighted by molar-refractivity contribution is 5.85. The van der Waals surface area contributed by atoms with Gasteiger partial charge in [0.05, 0.1) is 6.54 Å². The largest absolute Gasteiger partial charge is 0.339 e. The molecule has 0 spiro atoms. The van der Waals surface area contributed by atoms with Gasteiger partial charge in [0, 0.05) is 46.2 Å². The third kappa shape index (κ3) is 5.21. The molecule has 1 aromatic carbocycles. The van der Waals surface area contributed by atoms with Gasteiger partial charge in [-0.25, -0.2) is 4.79 Å². The predicted octanol–water partition coefficient (Wildman–Crippen LogP) is 1.30. The molecule has 1 aromatic rings. The van der Waals surface area contributed by atoms with Crippen LogP contribution in [0.15, 0.2) is 30.3 Å². The van der Waals surface area contributed by atoms with Crippen LogP contribution in [-0.2, 0) is 16.1 Å². The van der Waals surface area contributed by atoms with Crippen molar-refractivity contribution in [1.82, 2.24) is 20.0 Å². The number of nitrogens with one attached hydrogen (secondary N) is 1. The van der Waals surface area contributed by atoms with E-state index >= 15 is 0 Å². The first-order valence-electron chi connectivity index (χ1n) is 8.98. The molecule has 2 rings (SSSR count). The Kier molecular flexibility index (Phi) is 7.00. The molecule has 142 valence electrons. The highest BCUT2D eigenvalue weighted by Gasteiger charge is 2.30. The summed E-state index contributed by atoms with van der Waals surface area (Å²) in [5.74, 6) is -0.0960. The molecule has 1 saturated heterocycles. The molecular weight excluding hydrogens is 332 g/mol. The molecule has 0 saturated carbocycles. The van der Waals surface area contributed by atoms with Crippen LogP contribution in [-0.4, -0.2) is 72.3 Å². The van der Waals surface area contributed by atoms with Gasteiger partial charge < -0.3 is 20.0 Å². The van der Waals surface area contributed by atoms with Crippen LogP contribution in [0.2, 0.25) is 0 Å². The average Bonchev–Trinajstić information content (AvgIpc) is 2.79. The van der Waals surface area contributed by atoms with E-state index in [-0.39, 0.29) is 30.4 Å². The number of benzene rings is 1. The number of carbonyl (C=O) groups excluding carboxylic acids is 3. The van der Waals surface area contributed by atoms with Crippen molar-refractivity contribution in [3.63, 3.8) is 0 Å². The van der Waals surface area contributed by atoms with Crippen molar-refractivity contribution in [2.45, 2.75) is 32.4 Å². The lowest BCUT2D eigenvalue weighted by atomic mass is 10.1. The van der Waals surface area contributed by atoms with Crippen molar-refractivity contribution in [2.75, 3.05) is 33.7 Å². The molecule has 7 heteroatoms. The zero-order chi connectivity index (χ0) is 19.1. The van der Waals surface area contributed by atoms with Crippen molar-refractivity contribution in [3.8, 4) is 0 Å². The van der Waals surface area contributed by atoms with Crippen LogP contribution in [0.1, 0.15) is 25.3 Å². The Morgan fingerprint density at radius 3 is 2.54 bits per heavy atom. The van der Waals surface area contributed by atoms with Crippen LogP contribution >= 0.6 is 0 Å². The van der Waals surface area contributed by atoms with Crippen molar-refractivity contribution >= 4 is 17.8 Å². The zero-order valence-electron chi connectivity index (χ0n) is 15.8. The van der Waals surface area contributed by atoms with E-state index in [1.54, 1.807) is 19.0 Å². The maximum absolute atomic E-state index is 12.6. The van der Waals surface area contributed by atoms with Crippen LogP contribution in [0.25, 0.3) is 0 Å². The Morgan fingerprint density at radius 1 is 1.23 bits per heavy atom. The number of nitrogens with zero attached hydrogens (tertiary/aromatic N) is 3. The molecule has 7 nitrogen and oxygen atoms in total. The average molecular weight is 360 g/mol. The number of carbonyl (C=O) groups is 3.